The quantitative estimate of drug-likeness (QED) is 0.865. The van der Waals surface area contributed by atoms with Gasteiger partial charge in [-0.1, -0.05) is 15.9 Å². The van der Waals surface area contributed by atoms with Gasteiger partial charge in [-0.2, -0.15) is 18.2 Å². The van der Waals surface area contributed by atoms with E-state index in [1.54, 1.807) is 13.0 Å². The highest BCUT2D eigenvalue weighted by Gasteiger charge is 2.33. The molecule has 0 radical (unpaired) electrons. The lowest BCUT2D eigenvalue weighted by Crippen LogP contribution is -2.07. The highest BCUT2D eigenvalue weighted by atomic mass is 79.9. The monoisotopic (exact) mass is 346 g/mol. The maximum atomic E-state index is 12.8. The van der Waals surface area contributed by atoms with Crippen LogP contribution in [0.3, 0.4) is 0 Å². The van der Waals surface area contributed by atoms with E-state index in [1.165, 1.54) is 12.1 Å². The van der Waals surface area contributed by atoms with Gasteiger partial charge in [0, 0.05) is 21.9 Å². The minimum absolute atomic E-state index is 0.0195. The number of nitrogens with two attached hydrogens (primary N) is 1. The molecule has 106 valence electrons. The lowest BCUT2D eigenvalue weighted by atomic mass is 10.2. The summed E-state index contributed by atoms with van der Waals surface area (Å²) in [7, 11) is 0. The molecule has 0 aliphatic carbocycles. The average molecular weight is 347 g/mol. The topological polar surface area (TPSA) is 63.8 Å². The van der Waals surface area contributed by atoms with E-state index in [9.17, 15) is 13.2 Å². The van der Waals surface area contributed by atoms with Crippen molar-refractivity contribution in [3.63, 3.8) is 0 Å². The highest BCUT2D eigenvalue weighted by molar-refractivity contribution is 9.10. The number of halogens is 4. The number of nitrogens with zero attached hydrogens (tertiary/aromatic N) is 2. The van der Waals surface area contributed by atoms with Gasteiger partial charge >= 0.3 is 6.18 Å². The molecule has 2 rings (SSSR count). The molecule has 0 atom stereocenters. The zero-order valence-corrected chi connectivity index (χ0v) is 11.9. The minimum Gasteiger partial charge on any atom is -0.368 e. The van der Waals surface area contributed by atoms with E-state index < -0.39 is 11.7 Å². The lowest BCUT2D eigenvalue weighted by Gasteiger charge is -2.12. The summed E-state index contributed by atoms with van der Waals surface area (Å²) in [6.07, 6.45) is -4.43. The Kier molecular flexibility index (Phi) is 3.85. The van der Waals surface area contributed by atoms with E-state index in [0.29, 0.717) is 11.5 Å². The van der Waals surface area contributed by atoms with Crippen molar-refractivity contribution >= 4 is 33.4 Å². The molecular weight excluding hydrogens is 337 g/mol. The molecule has 1 aromatic heterocycles. The summed E-state index contributed by atoms with van der Waals surface area (Å²) in [5, 5.41) is 2.77. The number of rotatable bonds is 2. The maximum Gasteiger partial charge on any atom is 0.417 e. The molecule has 0 bridgehead atoms. The van der Waals surface area contributed by atoms with Crippen LogP contribution in [0.1, 0.15) is 11.3 Å². The molecule has 0 unspecified atom stereocenters. The van der Waals surface area contributed by atoms with Gasteiger partial charge in [-0.05, 0) is 25.1 Å². The van der Waals surface area contributed by atoms with Crippen molar-refractivity contribution in [2.24, 2.45) is 0 Å². The summed E-state index contributed by atoms with van der Waals surface area (Å²) in [5.41, 5.74) is 5.60. The summed E-state index contributed by atoms with van der Waals surface area (Å²) in [5.74, 6) is 0.395. The third-order valence-corrected chi connectivity index (χ3v) is 3.11. The minimum atomic E-state index is -4.43. The first-order chi connectivity index (χ1) is 9.25. The molecule has 0 aliphatic heterocycles. The number of aryl methyl sites for hydroxylation is 1. The molecule has 8 heteroatoms. The summed E-state index contributed by atoms with van der Waals surface area (Å²) in [6, 6.07) is 5.42. The van der Waals surface area contributed by atoms with Gasteiger partial charge in [0.05, 0.1) is 5.56 Å². The normalized spacial score (nSPS) is 11.4. The molecule has 20 heavy (non-hydrogen) atoms. The Morgan fingerprint density at radius 2 is 1.90 bits per heavy atom. The fraction of sp³-hybridized carbons (Fsp3) is 0.167. The molecule has 3 N–H and O–H groups in total. The van der Waals surface area contributed by atoms with Crippen molar-refractivity contribution in [2.45, 2.75) is 13.1 Å². The second-order valence-electron chi connectivity index (χ2n) is 4.07. The molecule has 2 aromatic rings. The van der Waals surface area contributed by atoms with E-state index in [4.69, 9.17) is 5.73 Å². The van der Waals surface area contributed by atoms with E-state index in [1.807, 2.05) is 0 Å². The number of anilines is 3. The summed E-state index contributed by atoms with van der Waals surface area (Å²) in [4.78, 5) is 7.79. The maximum absolute atomic E-state index is 12.8. The fourth-order valence-electron chi connectivity index (χ4n) is 1.62. The number of alkyl halides is 3. The first kappa shape index (κ1) is 14.6. The number of hydrogen-bond donors (Lipinski definition) is 2. The van der Waals surface area contributed by atoms with Gasteiger partial charge in [-0.25, -0.2) is 4.98 Å². The third kappa shape index (κ3) is 3.38. The van der Waals surface area contributed by atoms with Gasteiger partial charge in [0.25, 0.3) is 0 Å². The molecular formula is C12H10BrF3N4. The molecule has 0 amide bonds. The Morgan fingerprint density at radius 3 is 2.50 bits per heavy atom. The van der Waals surface area contributed by atoms with Gasteiger partial charge in [0.1, 0.15) is 5.82 Å². The van der Waals surface area contributed by atoms with Crippen molar-refractivity contribution in [1.82, 2.24) is 9.97 Å². The van der Waals surface area contributed by atoms with Crippen LogP contribution in [0, 0.1) is 6.92 Å². The van der Waals surface area contributed by atoms with Crippen LogP contribution in [-0.4, -0.2) is 9.97 Å². The summed E-state index contributed by atoms with van der Waals surface area (Å²) >= 11 is 2.88. The van der Waals surface area contributed by atoms with E-state index >= 15 is 0 Å². The van der Waals surface area contributed by atoms with E-state index in [0.717, 1.165) is 6.07 Å². The first-order valence-electron chi connectivity index (χ1n) is 5.50. The predicted molar refractivity (Wildman–Crippen MR) is 73.6 cm³/mol. The number of nitrogens with one attached hydrogen (secondary N) is 1. The van der Waals surface area contributed by atoms with Gasteiger partial charge in [-0.15, -0.1) is 0 Å². The molecule has 0 aliphatic rings. The molecule has 1 aromatic carbocycles. The Labute approximate surface area is 121 Å². The summed E-state index contributed by atoms with van der Waals surface area (Å²) in [6.45, 7) is 1.71. The molecule has 1 heterocycles. The predicted octanol–water partition coefficient (Wildman–Crippen LogP) is 3.89. The summed E-state index contributed by atoms with van der Waals surface area (Å²) < 4.78 is 38.4. The van der Waals surface area contributed by atoms with Crippen molar-refractivity contribution in [3.8, 4) is 0 Å². The Hall–Kier alpha value is -1.83. The van der Waals surface area contributed by atoms with Crippen LogP contribution in [0.2, 0.25) is 0 Å². The van der Waals surface area contributed by atoms with Crippen molar-refractivity contribution in [3.05, 3.63) is 40.0 Å². The number of aromatic nitrogens is 2. The van der Waals surface area contributed by atoms with Crippen molar-refractivity contribution < 1.29 is 13.2 Å². The average Bonchev–Trinajstić information content (AvgIpc) is 2.29. The number of nitrogen functional groups attached to an aromatic ring is 1. The van der Waals surface area contributed by atoms with Crippen molar-refractivity contribution in [2.75, 3.05) is 11.1 Å². The van der Waals surface area contributed by atoms with Crippen LogP contribution in [0.4, 0.5) is 30.6 Å². The van der Waals surface area contributed by atoms with E-state index in [-0.39, 0.29) is 16.1 Å². The van der Waals surface area contributed by atoms with Crippen LogP contribution < -0.4 is 11.1 Å². The smallest absolute Gasteiger partial charge is 0.368 e. The van der Waals surface area contributed by atoms with Gasteiger partial charge in [-0.3, -0.25) is 0 Å². The Morgan fingerprint density at radius 1 is 1.20 bits per heavy atom. The Balaban J connectivity index is 2.35. The van der Waals surface area contributed by atoms with Crippen LogP contribution in [-0.2, 0) is 6.18 Å². The molecule has 0 saturated carbocycles. The zero-order chi connectivity index (χ0) is 14.9. The zero-order valence-electron chi connectivity index (χ0n) is 10.3. The first-order valence-corrected chi connectivity index (χ1v) is 6.30. The second kappa shape index (κ2) is 5.28. The molecule has 0 fully saturated rings. The second-order valence-corrected chi connectivity index (χ2v) is 4.92. The third-order valence-electron chi connectivity index (χ3n) is 2.42. The van der Waals surface area contributed by atoms with Crippen molar-refractivity contribution in [1.29, 1.82) is 0 Å². The van der Waals surface area contributed by atoms with Crippen LogP contribution in [0.25, 0.3) is 0 Å². The molecule has 4 nitrogen and oxygen atoms in total. The lowest BCUT2D eigenvalue weighted by molar-refractivity contribution is -0.138. The standard InChI is InChI=1S/C12H10BrF3N4/c1-6-4-10(20-11(17)18-6)19-7-2-3-9(13)8(5-7)12(14,15)16/h2-5H,1H3,(H3,17,18,19,20). The highest BCUT2D eigenvalue weighted by Crippen LogP contribution is 2.36. The number of hydrogen-bond acceptors (Lipinski definition) is 4. The fourth-order valence-corrected chi connectivity index (χ4v) is 2.10. The SMILES string of the molecule is Cc1cc(Nc2ccc(Br)c(C(F)(F)F)c2)nc(N)n1. The van der Waals surface area contributed by atoms with Gasteiger partial charge in [0.15, 0.2) is 0 Å². The van der Waals surface area contributed by atoms with Crippen LogP contribution >= 0.6 is 15.9 Å². The largest absolute Gasteiger partial charge is 0.417 e. The van der Waals surface area contributed by atoms with Crippen LogP contribution in [0.15, 0.2) is 28.7 Å². The van der Waals surface area contributed by atoms with E-state index in [2.05, 4.69) is 31.2 Å². The Bertz CT molecular complexity index is 623. The number of benzene rings is 1. The van der Waals surface area contributed by atoms with Gasteiger partial charge in [0.2, 0.25) is 5.95 Å². The molecule has 0 spiro atoms. The van der Waals surface area contributed by atoms with Crippen LogP contribution in [0.5, 0.6) is 0 Å². The van der Waals surface area contributed by atoms with Gasteiger partial charge < -0.3 is 11.1 Å². The molecule has 0 saturated heterocycles.